The normalized spacial score (nSPS) is 17.8. The van der Waals surface area contributed by atoms with Crippen molar-refractivity contribution in [3.63, 3.8) is 0 Å². The summed E-state index contributed by atoms with van der Waals surface area (Å²) in [5.41, 5.74) is 2.50. The third kappa shape index (κ3) is 5.33. The van der Waals surface area contributed by atoms with Gasteiger partial charge in [0, 0.05) is 30.8 Å². The number of benzene rings is 1. The van der Waals surface area contributed by atoms with Crippen LogP contribution in [0.1, 0.15) is 76.4 Å². The second kappa shape index (κ2) is 9.73. The van der Waals surface area contributed by atoms with E-state index in [4.69, 9.17) is 4.74 Å². The highest BCUT2D eigenvalue weighted by molar-refractivity contribution is 5.79. The topological polar surface area (TPSA) is 88.9 Å². The Kier molecular flexibility index (Phi) is 6.95. The van der Waals surface area contributed by atoms with Crippen molar-refractivity contribution in [1.82, 2.24) is 30.1 Å². The molecule has 1 fully saturated rings. The second-order valence-corrected chi connectivity index (χ2v) is 10.2. The standard InChI is InChI=1S/C25H36N6O2/c1-6-8-22(23-27-28-29-31(23)25(3,4)5)30(16-20-9-7-12-33-20)15-19-14-18-13-17(2)10-11-21(18)26-24(19)32/h10-11,13-14,20,22H,6-9,12,15-16H2,1-5H3,(H,26,32)/t20-,22+/m1/s1. The minimum Gasteiger partial charge on any atom is -0.377 e. The highest BCUT2D eigenvalue weighted by Crippen LogP contribution is 2.30. The molecule has 2 atom stereocenters. The van der Waals surface area contributed by atoms with Crippen molar-refractivity contribution in [2.24, 2.45) is 0 Å². The number of ether oxygens (including phenoxy) is 1. The maximum Gasteiger partial charge on any atom is 0.252 e. The molecule has 0 radical (unpaired) electrons. The smallest absolute Gasteiger partial charge is 0.252 e. The lowest BCUT2D eigenvalue weighted by atomic mass is 10.0. The summed E-state index contributed by atoms with van der Waals surface area (Å²) in [5, 5.41) is 13.8. The number of tetrazole rings is 1. The van der Waals surface area contributed by atoms with Crippen LogP contribution in [0, 0.1) is 6.92 Å². The van der Waals surface area contributed by atoms with Crippen molar-refractivity contribution in [1.29, 1.82) is 0 Å². The molecule has 1 saturated heterocycles. The number of aromatic nitrogens is 5. The van der Waals surface area contributed by atoms with Crippen LogP contribution in [-0.4, -0.2) is 49.3 Å². The number of aromatic amines is 1. The molecule has 0 spiro atoms. The molecule has 1 aliphatic rings. The van der Waals surface area contributed by atoms with E-state index in [2.05, 4.69) is 66.1 Å². The number of fused-ring (bicyclic) bond motifs is 1. The van der Waals surface area contributed by atoms with E-state index >= 15 is 0 Å². The Bertz CT molecular complexity index is 1140. The lowest BCUT2D eigenvalue weighted by molar-refractivity contribution is 0.0465. The van der Waals surface area contributed by atoms with Crippen LogP contribution >= 0.6 is 0 Å². The summed E-state index contributed by atoms with van der Waals surface area (Å²) in [6.07, 6.45) is 4.15. The molecular formula is C25H36N6O2. The largest absolute Gasteiger partial charge is 0.377 e. The van der Waals surface area contributed by atoms with Gasteiger partial charge in [-0.05, 0) is 81.0 Å². The number of nitrogens with one attached hydrogen (secondary N) is 1. The van der Waals surface area contributed by atoms with Crippen molar-refractivity contribution in [2.45, 2.75) is 84.5 Å². The summed E-state index contributed by atoms with van der Waals surface area (Å²) in [6, 6.07) is 8.12. The Morgan fingerprint density at radius 3 is 2.82 bits per heavy atom. The van der Waals surface area contributed by atoms with E-state index in [1.54, 1.807) is 0 Å². The van der Waals surface area contributed by atoms with Gasteiger partial charge in [0.2, 0.25) is 0 Å². The summed E-state index contributed by atoms with van der Waals surface area (Å²) in [4.78, 5) is 18.4. The van der Waals surface area contributed by atoms with Crippen LogP contribution in [0.5, 0.6) is 0 Å². The Morgan fingerprint density at radius 1 is 1.30 bits per heavy atom. The van der Waals surface area contributed by atoms with Crippen LogP contribution in [0.2, 0.25) is 0 Å². The van der Waals surface area contributed by atoms with Gasteiger partial charge >= 0.3 is 0 Å². The van der Waals surface area contributed by atoms with Gasteiger partial charge in [-0.15, -0.1) is 5.10 Å². The average molecular weight is 453 g/mol. The number of H-pyrrole nitrogens is 1. The van der Waals surface area contributed by atoms with E-state index < -0.39 is 0 Å². The fraction of sp³-hybridized carbons (Fsp3) is 0.600. The molecule has 4 rings (SSSR count). The van der Waals surface area contributed by atoms with E-state index in [1.807, 2.05) is 22.9 Å². The van der Waals surface area contributed by atoms with Gasteiger partial charge in [0.05, 0.1) is 17.7 Å². The molecule has 8 heteroatoms. The molecular weight excluding hydrogens is 416 g/mol. The molecule has 33 heavy (non-hydrogen) atoms. The monoisotopic (exact) mass is 452 g/mol. The first kappa shape index (κ1) is 23.6. The molecule has 2 aromatic heterocycles. The molecule has 1 aromatic carbocycles. The number of rotatable bonds is 8. The zero-order valence-electron chi connectivity index (χ0n) is 20.5. The molecule has 178 valence electrons. The minimum atomic E-state index is -0.238. The van der Waals surface area contributed by atoms with Gasteiger partial charge in [0.1, 0.15) is 0 Å². The van der Waals surface area contributed by atoms with E-state index in [-0.39, 0.29) is 23.2 Å². The van der Waals surface area contributed by atoms with Crippen LogP contribution in [0.15, 0.2) is 29.1 Å². The van der Waals surface area contributed by atoms with Crippen molar-refractivity contribution in [3.8, 4) is 0 Å². The Hall–Kier alpha value is -2.58. The van der Waals surface area contributed by atoms with Crippen LogP contribution in [-0.2, 0) is 16.8 Å². The second-order valence-electron chi connectivity index (χ2n) is 10.2. The third-order valence-electron chi connectivity index (χ3n) is 6.34. The van der Waals surface area contributed by atoms with Crippen molar-refractivity contribution in [3.05, 3.63) is 51.6 Å². The number of hydrogen-bond donors (Lipinski definition) is 1. The molecule has 3 heterocycles. The molecule has 3 aromatic rings. The lowest BCUT2D eigenvalue weighted by Crippen LogP contribution is -2.39. The summed E-state index contributed by atoms with van der Waals surface area (Å²) in [5.74, 6) is 0.843. The Labute approximate surface area is 195 Å². The molecule has 1 aliphatic heterocycles. The first-order chi connectivity index (χ1) is 15.8. The lowest BCUT2D eigenvalue weighted by Gasteiger charge is -2.34. The van der Waals surface area contributed by atoms with Crippen molar-refractivity contribution >= 4 is 10.9 Å². The van der Waals surface area contributed by atoms with Gasteiger partial charge in [-0.25, -0.2) is 4.68 Å². The van der Waals surface area contributed by atoms with Gasteiger partial charge in [0.15, 0.2) is 5.82 Å². The van der Waals surface area contributed by atoms with Crippen molar-refractivity contribution in [2.75, 3.05) is 13.2 Å². The van der Waals surface area contributed by atoms with Gasteiger partial charge in [-0.1, -0.05) is 25.0 Å². The van der Waals surface area contributed by atoms with Gasteiger partial charge in [0.25, 0.3) is 5.56 Å². The molecule has 0 saturated carbocycles. The van der Waals surface area contributed by atoms with E-state index in [1.165, 1.54) is 5.56 Å². The van der Waals surface area contributed by atoms with E-state index in [0.29, 0.717) is 6.54 Å². The fourth-order valence-electron chi connectivity index (χ4n) is 4.69. The number of pyridine rings is 1. The summed E-state index contributed by atoms with van der Waals surface area (Å²) in [6.45, 7) is 12.6. The molecule has 0 bridgehead atoms. The van der Waals surface area contributed by atoms with Crippen LogP contribution < -0.4 is 5.56 Å². The summed E-state index contributed by atoms with van der Waals surface area (Å²) >= 11 is 0. The maximum absolute atomic E-state index is 13.0. The van der Waals surface area contributed by atoms with Gasteiger partial charge in [-0.2, -0.15) is 0 Å². The highest BCUT2D eigenvalue weighted by Gasteiger charge is 2.32. The van der Waals surface area contributed by atoms with Crippen molar-refractivity contribution < 1.29 is 4.74 Å². The van der Waals surface area contributed by atoms with Gasteiger partial charge in [-0.3, -0.25) is 9.69 Å². The molecule has 1 N–H and O–H groups in total. The zero-order valence-corrected chi connectivity index (χ0v) is 20.5. The third-order valence-corrected chi connectivity index (χ3v) is 6.34. The Balaban J connectivity index is 1.74. The highest BCUT2D eigenvalue weighted by atomic mass is 16.5. The van der Waals surface area contributed by atoms with Crippen LogP contribution in [0.3, 0.4) is 0 Å². The first-order valence-electron chi connectivity index (χ1n) is 12.0. The molecule has 0 amide bonds. The Morgan fingerprint density at radius 2 is 2.12 bits per heavy atom. The zero-order chi connectivity index (χ0) is 23.6. The number of nitrogens with zero attached hydrogens (tertiary/aromatic N) is 5. The SMILES string of the molecule is CCC[C@@H](c1nnnn1C(C)(C)C)N(Cc1cc2cc(C)ccc2[nH]c1=O)C[C@H]1CCCO1. The minimum absolute atomic E-state index is 0.0129. The van der Waals surface area contributed by atoms with E-state index in [0.717, 1.165) is 61.1 Å². The number of aryl methyl sites for hydroxylation is 1. The molecule has 0 aliphatic carbocycles. The molecule has 8 nitrogen and oxygen atoms in total. The maximum atomic E-state index is 13.0. The van der Waals surface area contributed by atoms with Gasteiger partial charge < -0.3 is 9.72 Å². The van der Waals surface area contributed by atoms with Crippen LogP contribution in [0.25, 0.3) is 10.9 Å². The predicted octanol–water partition coefficient (Wildman–Crippen LogP) is 4.10. The number of hydrogen-bond acceptors (Lipinski definition) is 6. The quantitative estimate of drug-likeness (QED) is 0.553. The van der Waals surface area contributed by atoms with E-state index in [9.17, 15) is 4.79 Å². The fourth-order valence-corrected chi connectivity index (χ4v) is 4.69. The molecule has 0 unspecified atom stereocenters. The first-order valence-corrected chi connectivity index (χ1v) is 12.0. The average Bonchev–Trinajstić information content (AvgIpc) is 3.44. The summed E-state index contributed by atoms with van der Waals surface area (Å²) < 4.78 is 7.91. The summed E-state index contributed by atoms with van der Waals surface area (Å²) in [7, 11) is 0. The predicted molar refractivity (Wildman–Crippen MR) is 129 cm³/mol. The van der Waals surface area contributed by atoms with Crippen LogP contribution in [0.4, 0.5) is 0 Å².